The van der Waals surface area contributed by atoms with Gasteiger partial charge in [0.1, 0.15) is 17.8 Å². The van der Waals surface area contributed by atoms with E-state index in [1.807, 2.05) is 13.0 Å². The van der Waals surface area contributed by atoms with Gasteiger partial charge in [0.2, 0.25) is 5.95 Å². The van der Waals surface area contributed by atoms with Gasteiger partial charge in [0.25, 0.3) is 5.91 Å². The molecule has 1 aliphatic rings. The Balaban J connectivity index is 1.45. The van der Waals surface area contributed by atoms with Crippen molar-refractivity contribution in [2.75, 3.05) is 18.5 Å². The number of anilines is 1. The number of carbonyl (C=O) groups excluding carboxylic acids is 1. The number of nitriles is 1. The predicted octanol–water partition coefficient (Wildman–Crippen LogP) is 1.97. The molecule has 2 aromatic heterocycles. The van der Waals surface area contributed by atoms with Crippen LogP contribution in [0, 0.1) is 18.3 Å². The van der Waals surface area contributed by atoms with Crippen LogP contribution in [0.25, 0.3) is 5.82 Å². The molecule has 1 aromatic carbocycles. The average Bonchev–Trinajstić information content (AvgIpc) is 3.46. The molecule has 3 aromatic rings. The van der Waals surface area contributed by atoms with Gasteiger partial charge >= 0.3 is 0 Å². The van der Waals surface area contributed by atoms with Crippen molar-refractivity contribution in [3.8, 4) is 11.9 Å². The monoisotopic (exact) mass is 403 g/mol. The van der Waals surface area contributed by atoms with Crippen LogP contribution in [0.1, 0.15) is 33.6 Å². The van der Waals surface area contributed by atoms with Crippen molar-refractivity contribution in [3.63, 3.8) is 0 Å². The molecule has 9 nitrogen and oxygen atoms in total. The largest absolute Gasteiger partial charge is 0.379 e. The van der Waals surface area contributed by atoms with Crippen LogP contribution in [-0.4, -0.2) is 44.7 Å². The molecular formula is C21H21N7O2. The second-order valence-electron chi connectivity index (χ2n) is 7.07. The van der Waals surface area contributed by atoms with Crippen LogP contribution in [-0.2, 0) is 11.3 Å². The van der Waals surface area contributed by atoms with E-state index in [9.17, 15) is 4.79 Å². The quantitative estimate of drug-likeness (QED) is 0.646. The van der Waals surface area contributed by atoms with Crippen LogP contribution < -0.4 is 10.6 Å². The van der Waals surface area contributed by atoms with E-state index < -0.39 is 0 Å². The number of aryl methyl sites for hydroxylation is 1. The lowest BCUT2D eigenvalue weighted by molar-refractivity contribution is 0.0946. The molecule has 0 bridgehead atoms. The lowest BCUT2D eigenvalue weighted by Gasteiger charge is -2.12. The highest BCUT2D eigenvalue weighted by Crippen LogP contribution is 2.16. The minimum Gasteiger partial charge on any atom is -0.379 e. The highest BCUT2D eigenvalue weighted by molar-refractivity contribution is 5.92. The zero-order valence-corrected chi connectivity index (χ0v) is 16.5. The lowest BCUT2D eigenvalue weighted by Crippen LogP contribution is -2.23. The summed E-state index contributed by atoms with van der Waals surface area (Å²) in [5, 5.41) is 15.1. The third-order valence-corrected chi connectivity index (χ3v) is 4.78. The fourth-order valence-corrected chi connectivity index (χ4v) is 3.17. The zero-order valence-electron chi connectivity index (χ0n) is 16.5. The van der Waals surface area contributed by atoms with E-state index in [0.717, 1.165) is 24.2 Å². The van der Waals surface area contributed by atoms with Gasteiger partial charge in [0.15, 0.2) is 0 Å². The Morgan fingerprint density at radius 1 is 1.40 bits per heavy atom. The van der Waals surface area contributed by atoms with Gasteiger partial charge in [-0.1, -0.05) is 12.1 Å². The number of hydrogen-bond acceptors (Lipinski definition) is 7. The summed E-state index contributed by atoms with van der Waals surface area (Å²) in [6.07, 6.45) is 5.85. The van der Waals surface area contributed by atoms with Gasteiger partial charge in [0, 0.05) is 31.1 Å². The minimum absolute atomic E-state index is 0.198. The summed E-state index contributed by atoms with van der Waals surface area (Å²) in [6, 6.07) is 9.39. The summed E-state index contributed by atoms with van der Waals surface area (Å²) >= 11 is 0. The third-order valence-electron chi connectivity index (χ3n) is 4.78. The van der Waals surface area contributed by atoms with E-state index in [4.69, 9.17) is 10.00 Å². The van der Waals surface area contributed by atoms with Crippen LogP contribution >= 0.6 is 0 Å². The number of nitrogens with zero attached hydrogens (tertiary/aromatic N) is 5. The fraction of sp³-hybridized carbons (Fsp3) is 0.286. The van der Waals surface area contributed by atoms with Crippen molar-refractivity contribution < 1.29 is 9.53 Å². The minimum atomic E-state index is -0.302. The summed E-state index contributed by atoms with van der Waals surface area (Å²) in [5.41, 5.74) is 2.54. The first-order valence-electron chi connectivity index (χ1n) is 9.62. The SMILES string of the molecule is Cc1cnc(N[C@H]2CCOC2)nc1-n1cnc(C(=O)NCc2cccc(C#N)c2)c1. The van der Waals surface area contributed by atoms with Crippen LogP contribution in [0.3, 0.4) is 0 Å². The molecule has 9 heteroatoms. The van der Waals surface area contributed by atoms with Crippen LogP contribution in [0.5, 0.6) is 0 Å². The van der Waals surface area contributed by atoms with Gasteiger partial charge in [-0.25, -0.2) is 9.97 Å². The number of aromatic nitrogens is 4. The number of amides is 1. The average molecular weight is 403 g/mol. The van der Waals surface area contributed by atoms with Gasteiger partial charge in [-0.3, -0.25) is 9.36 Å². The summed E-state index contributed by atoms with van der Waals surface area (Å²) in [4.78, 5) is 25.6. The van der Waals surface area contributed by atoms with Crippen molar-refractivity contribution in [2.24, 2.45) is 0 Å². The maximum absolute atomic E-state index is 12.5. The zero-order chi connectivity index (χ0) is 20.9. The number of carbonyl (C=O) groups is 1. The first-order valence-corrected chi connectivity index (χ1v) is 9.62. The third kappa shape index (κ3) is 4.45. The molecule has 1 atom stereocenters. The molecule has 1 aliphatic heterocycles. The van der Waals surface area contributed by atoms with Crippen LogP contribution in [0.15, 0.2) is 43.0 Å². The molecule has 1 saturated heterocycles. The number of imidazole rings is 1. The Morgan fingerprint density at radius 3 is 3.10 bits per heavy atom. The van der Waals surface area contributed by atoms with Crippen molar-refractivity contribution in [1.82, 2.24) is 24.8 Å². The first-order chi connectivity index (χ1) is 14.6. The molecule has 1 fully saturated rings. The fourth-order valence-electron chi connectivity index (χ4n) is 3.17. The Bertz CT molecular complexity index is 1100. The molecule has 0 saturated carbocycles. The van der Waals surface area contributed by atoms with E-state index >= 15 is 0 Å². The summed E-state index contributed by atoms with van der Waals surface area (Å²) in [5.74, 6) is 0.868. The number of ether oxygens (including phenoxy) is 1. The van der Waals surface area contributed by atoms with E-state index in [-0.39, 0.29) is 17.6 Å². The van der Waals surface area contributed by atoms with Crippen LogP contribution in [0.2, 0.25) is 0 Å². The number of hydrogen-bond donors (Lipinski definition) is 2. The molecule has 1 amide bonds. The number of rotatable bonds is 6. The van der Waals surface area contributed by atoms with Crippen molar-refractivity contribution in [1.29, 1.82) is 5.26 Å². The normalized spacial score (nSPS) is 15.5. The molecule has 0 spiro atoms. The summed E-state index contributed by atoms with van der Waals surface area (Å²) in [7, 11) is 0. The molecular weight excluding hydrogens is 382 g/mol. The molecule has 0 radical (unpaired) electrons. The van der Waals surface area contributed by atoms with E-state index in [1.54, 1.807) is 41.5 Å². The molecule has 3 heterocycles. The van der Waals surface area contributed by atoms with Crippen molar-refractivity contribution in [2.45, 2.75) is 25.9 Å². The van der Waals surface area contributed by atoms with E-state index in [2.05, 4.69) is 31.7 Å². The number of benzene rings is 1. The Labute approximate surface area is 173 Å². The lowest BCUT2D eigenvalue weighted by atomic mass is 10.1. The van der Waals surface area contributed by atoms with Gasteiger partial charge < -0.3 is 15.4 Å². The maximum atomic E-state index is 12.5. The molecule has 152 valence electrons. The van der Waals surface area contributed by atoms with Gasteiger partial charge in [-0.2, -0.15) is 10.2 Å². The van der Waals surface area contributed by atoms with Crippen molar-refractivity contribution >= 4 is 11.9 Å². The molecule has 4 rings (SSSR count). The topological polar surface area (TPSA) is 118 Å². The predicted molar refractivity (Wildman–Crippen MR) is 109 cm³/mol. The maximum Gasteiger partial charge on any atom is 0.271 e. The molecule has 2 N–H and O–H groups in total. The smallest absolute Gasteiger partial charge is 0.271 e. The van der Waals surface area contributed by atoms with Crippen molar-refractivity contribution in [3.05, 3.63) is 65.4 Å². The van der Waals surface area contributed by atoms with E-state index in [0.29, 0.717) is 30.5 Å². The Morgan fingerprint density at radius 2 is 2.30 bits per heavy atom. The molecule has 30 heavy (non-hydrogen) atoms. The van der Waals surface area contributed by atoms with Gasteiger partial charge in [-0.05, 0) is 31.0 Å². The van der Waals surface area contributed by atoms with E-state index in [1.165, 1.54) is 0 Å². The molecule has 0 aliphatic carbocycles. The van der Waals surface area contributed by atoms with Crippen LogP contribution in [0.4, 0.5) is 5.95 Å². The standard InChI is InChI=1S/C21H21N7O2/c1-14-9-24-21(26-17-5-6-30-12-17)27-19(14)28-11-18(25-13-28)20(29)23-10-16-4-2-3-15(7-16)8-22/h2-4,7,9,11,13,17H,5-6,10,12H2,1H3,(H,23,29)(H,24,26,27)/t17-/m0/s1. The summed E-state index contributed by atoms with van der Waals surface area (Å²) < 4.78 is 7.08. The second-order valence-corrected chi connectivity index (χ2v) is 7.07. The summed E-state index contributed by atoms with van der Waals surface area (Å²) in [6.45, 7) is 3.58. The first kappa shape index (κ1) is 19.5. The number of nitrogens with one attached hydrogen (secondary N) is 2. The van der Waals surface area contributed by atoms with Gasteiger partial charge in [0.05, 0.1) is 24.3 Å². The second kappa shape index (κ2) is 8.71. The highest BCUT2D eigenvalue weighted by atomic mass is 16.5. The molecule has 0 unspecified atom stereocenters. The Hall–Kier alpha value is -3.77. The Kier molecular flexibility index (Phi) is 5.68. The van der Waals surface area contributed by atoms with Gasteiger partial charge in [-0.15, -0.1) is 0 Å². The highest BCUT2D eigenvalue weighted by Gasteiger charge is 2.17.